The molecule has 46 valence electrons. The first-order chi connectivity index (χ1) is 3.72. The number of β-amino-alcohol motifs (C(OH)–C–C–N with tert-alkyl or cyclic N) is 1. The summed E-state index contributed by atoms with van der Waals surface area (Å²) in [5.74, 6) is -0.266. The maximum atomic E-state index is 10.4. The molecular weight excluding hydrogens is 108 g/mol. The number of aliphatic hydroxyl groups is 1. The largest absolute Gasteiger partial charge is 0.389 e. The Bertz CT molecular complexity index is 115. The zero-order chi connectivity index (χ0) is 6.15. The van der Waals surface area contributed by atoms with Crippen LogP contribution in [-0.4, -0.2) is 29.7 Å². The van der Waals surface area contributed by atoms with E-state index in [0.29, 0.717) is 6.54 Å². The lowest BCUT2D eigenvalue weighted by Crippen LogP contribution is -2.36. The second-order valence-electron chi connectivity index (χ2n) is 1.84. The summed E-state index contributed by atoms with van der Waals surface area (Å²) >= 11 is 0. The molecule has 0 aromatic heterocycles. The number of carbonyl (C=O) groups excluding carboxylic acids is 1. The van der Waals surface area contributed by atoms with E-state index in [2.05, 4.69) is 5.32 Å². The summed E-state index contributed by atoms with van der Waals surface area (Å²) in [6, 6.07) is -0.713. The standard InChI is InChI=1S/C4H8N2O2/c5-3-2(7)1-6-4(3)8/h2-3,7H,1,5H2,(H,6,8)/t2?,3-/m1/s1. The monoisotopic (exact) mass is 116 g/mol. The molecule has 1 aliphatic heterocycles. The van der Waals surface area contributed by atoms with Gasteiger partial charge in [-0.3, -0.25) is 4.79 Å². The fraction of sp³-hybridized carbons (Fsp3) is 0.750. The number of nitrogens with two attached hydrogens (primary N) is 1. The van der Waals surface area contributed by atoms with Crippen molar-refractivity contribution in [2.45, 2.75) is 12.1 Å². The summed E-state index contributed by atoms with van der Waals surface area (Å²) < 4.78 is 0. The van der Waals surface area contributed by atoms with Crippen LogP contribution in [-0.2, 0) is 4.79 Å². The van der Waals surface area contributed by atoms with E-state index in [0.717, 1.165) is 0 Å². The number of carbonyl (C=O) groups is 1. The van der Waals surface area contributed by atoms with Crippen molar-refractivity contribution in [3.8, 4) is 0 Å². The van der Waals surface area contributed by atoms with Crippen molar-refractivity contribution in [3.63, 3.8) is 0 Å². The molecule has 1 unspecified atom stereocenters. The summed E-state index contributed by atoms with van der Waals surface area (Å²) in [6.45, 7) is 0.292. The number of nitrogens with one attached hydrogen (secondary N) is 1. The van der Waals surface area contributed by atoms with Crippen LogP contribution in [0.3, 0.4) is 0 Å². The Labute approximate surface area is 46.7 Å². The normalized spacial score (nSPS) is 37.5. The van der Waals surface area contributed by atoms with E-state index in [4.69, 9.17) is 10.8 Å². The molecule has 2 atom stereocenters. The highest BCUT2D eigenvalue weighted by molar-refractivity contribution is 5.84. The summed E-state index contributed by atoms with van der Waals surface area (Å²) in [7, 11) is 0. The van der Waals surface area contributed by atoms with E-state index in [-0.39, 0.29) is 5.91 Å². The molecule has 1 heterocycles. The van der Waals surface area contributed by atoms with Crippen molar-refractivity contribution in [3.05, 3.63) is 0 Å². The van der Waals surface area contributed by atoms with Gasteiger partial charge in [0.25, 0.3) is 0 Å². The molecule has 4 nitrogen and oxygen atoms in total. The molecule has 0 bridgehead atoms. The van der Waals surface area contributed by atoms with Gasteiger partial charge in [-0.1, -0.05) is 0 Å². The second-order valence-corrected chi connectivity index (χ2v) is 1.84. The van der Waals surface area contributed by atoms with Gasteiger partial charge in [0.05, 0.1) is 6.10 Å². The molecule has 4 N–H and O–H groups in total. The van der Waals surface area contributed by atoms with Gasteiger partial charge in [0.1, 0.15) is 6.04 Å². The minimum atomic E-state index is -0.713. The van der Waals surface area contributed by atoms with Crippen molar-refractivity contribution in [2.75, 3.05) is 6.54 Å². The maximum absolute atomic E-state index is 10.4. The van der Waals surface area contributed by atoms with E-state index in [1.807, 2.05) is 0 Å². The molecule has 0 aromatic carbocycles. The topological polar surface area (TPSA) is 75.4 Å². The average molecular weight is 116 g/mol. The molecule has 0 aromatic rings. The van der Waals surface area contributed by atoms with Crippen molar-refractivity contribution in [1.82, 2.24) is 5.32 Å². The van der Waals surface area contributed by atoms with Crippen molar-refractivity contribution in [1.29, 1.82) is 0 Å². The zero-order valence-electron chi connectivity index (χ0n) is 4.29. The number of rotatable bonds is 0. The first kappa shape index (κ1) is 5.53. The Morgan fingerprint density at radius 2 is 2.50 bits per heavy atom. The number of hydrogen-bond donors (Lipinski definition) is 3. The van der Waals surface area contributed by atoms with E-state index in [9.17, 15) is 4.79 Å². The third kappa shape index (κ3) is 0.677. The zero-order valence-corrected chi connectivity index (χ0v) is 4.29. The van der Waals surface area contributed by atoms with Crippen molar-refractivity contribution >= 4 is 5.91 Å². The lowest BCUT2D eigenvalue weighted by molar-refractivity contribution is -0.120. The second kappa shape index (κ2) is 1.72. The Hall–Kier alpha value is -0.610. The number of hydrogen-bond acceptors (Lipinski definition) is 3. The molecule has 1 saturated heterocycles. The molecule has 0 radical (unpaired) electrons. The van der Waals surface area contributed by atoms with Crippen molar-refractivity contribution < 1.29 is 9.90 Å². The number of amides is 1. The Morgan fingerprint density at radius 1 is 1.88 bits per heavy atom. The average Bonchev–Trinajstić information content (AvgIpc) is 1.98. The molecule has 4 heteroatoms. The van der Waals surface area contributed by atoms with E-state index in [1.54, 1.807) is 0 Å². The van der Waals surface area contributed by atoms with Crippen LogP contribution in [0.2, 0.25) is 0 Å². The van der Waals surface area contributed by atoms with Gasteiger partial charge >= 0.3 is 0 Å². The van der Waals surface area contributed by atoms with Crippen LogP contribution in [0.4, 0.5) is 0 Å². The van der Waals surface area contributed by atoms with Crippen LogP contribution in [0.15, 0.2) is 0 Å². The number of aliphatic hydroxyl groups excluding tert-OH is 1. The van der Waals surface area contributed by atoms with Gasteiger partial charge in [0.2, 0.25) is 5.91 Å². The van der Waals surface area contributed by atoms with Gasteiger partial charge in [0.15, 0.2) is 0 Å². The molecule has 1 rings (SSSR count). The minimum Gasteiger partial charge on any atom is -0.389 e. The van der Waals surface area contributed by atoms with Crippen LogP contribution in [0.25, 0.3) is 0 Å². The highest BCUT2D eigenvalue weighted by Gasteiger charge is 2.28. The molecule has 0 aliphatic carbocycles. The third-order valence-electron chi connectivity index (χ3n) is 1.20. The predicted octanol–water partition coefficient (Wildman–Crippen LogP) is -2.20. The Balaban J connectivity index is 2.56. The summed E-state index contributed by atoms with van der Waals surface area (Å²) in [6.07, 6.45) is -0.692. The van der Waals surface area contributed by atoms with Crippen molar-refractivity contribution in [2.24, 2.45) is 5.73 Å². The third-order valence-corrected chi connectivity index (χ3v) is 1.20. The first-order valence-corrected chi connectivity index (χ1v) is 2.43. The van der Waals surface area contributed by atoms with Crippen LogP contribution < -0.4 is 11.1 Å². The molecule has 8 heavy (non-hydrogen) atoms. The SMILES string of the molecule is N[C@H]1C(=O)NCC1O. The molecule has 1 amide bonds. The predicted molar refractivity (Wildman–Crippen MR) is 27.0 cm³/mol. The van der Waals surface area contributed by atoms with E-state index < -0.39 is 12.1 Å². The molecule has 1 aliphatic rings. The van der Waals surface area contributed by atoms with Crippen LogP contribution in [0.1, 0.15) is 0 Å². The maximum Gasteiger partial charge on any atom is 0.239 e. The summed E-state index contributed by atoms with van der Waals surface area (Å²) in [5.41, 5.74) is 5.16. The lowest BCUT2D eigenvalue weighted by atomic mass is 10.2. The van der Waals surface area contributed by atoms with Gasteiger partial charge in [-0.15, -0.1) is 0 Å². The molecular formula is C4H8N2O2. The highest BCUT2D eigenvalue weighted by Crippen LogP contribution is 1.95. The van der Waals surface area contributed by atoms with Gasteiger partial charge in [-0.2, -0.15) is 0 Å². The van der Waals surface area contributed by atoms with E-state index in [1.165, 1.54) is 0 Å². The molecule has 0 saturated carbocycles. The molecule has 0 spiro atoms. The smallest absolute Gasteiger partial charge is 0.239 e. The lowest BCUT2D eigenvalue weighted by Gasteiger charge is -2.00. The minimum absolute atomic E-state index is 0.266. The molecule has 1 fully saturated rings. The summed E-state index contributed by atoms with van der Waals surface area (Å²) in [5, 5.41) is 11.2. The van der Waals surface area contributed by atoms with Crippen LogP contribution in [0, 0.1) is 0 Å². The fourth-order valence-electron chi connectivity index (χ4n) is 0.625. The fourth-order valence-corrected chi connectivity index (χ4v) is 0.625. The van der Waals surface area contributed by atoms with Gasteiger partial charge in [-0.25, -0.2) is 0 Å². The quantitative estimate of drug-likeness (QED) is 0.336. The van der Waals surface area contributed by atoms with E-state index >= 15 is 0 Å². The van der Waals surface area contributed by atoms with Crippen LogP contribution in [0.5, 0.6) is 0 Å². The first-order valence-electron chi connectivity index (χ1n) is 2.43. The summed E-state index contributed by atoms with van der Waals surface area (Å²) in [4.78, 5) is 10.4. The Morgan fingerprint density at radius 3 is 2.62 bits per heavy atom. The highest BCUT2D eigenvalue weighted by atomic mass is 16.3. The Kier molecular flexibility index (Phi) is 1.19. The van der Waals surface area contributed by atoms with Crippen LogP contribution >= 0.6 is 0 Å². The van der Waals surface area contributed by atoms with Gasteiger partial charge < -0.3 is 16.2 Å². The van der Waals surface area contributed by atoms with Gasteiger partial charge in [-0.05, 0) is 0 Å². The van der Waals surface area contributed by atoms with Gasteiger partial charge in [0, 0.05) is 6.54 Å².